The number of hydrogen-bond acceptors (Lipinski definition) is 5. The predicted octanol–water partition coefficient (Wildman–Crippen LogP) is 3.56. The van der Waals surface area contributed by atoms with Crippen LogP contribution in [0.3, 0.4) is 0 Å². The van der Waals surface area contributed by atoms with Crippen molar-refractivity contribution in [1.29, 1.82) is 0 Å². The average molecular weight is 338 g/mol. The molecule has 3 rings (SSSR count). The summed E-state index contributed by atoms with van der Waals surface area (Å²) in [6, 6.07) is 5.16. The lowest BCUT2D eigenvalue weighted by atomic mass is 9.95. The molecule has 5 nitrogen and oxygen atoms in total. The van der Waals surface area contributed by atoms with Crippen molar-refractivity contribution in [2.24, 2.45) is 0 Å². The van der Waals surface area contributed by atoms with Gasteiger partial charge in [0.25, 0.3) is 5.91 Å². The average Bonchev–Trinajstić information content (AvgIpc) is 2.97. The van der Waals surface area contributed by atoms with E-state index in [1.807, 2.05) is 6.07 Å². The van der Waals surface area contributed by atoms with Gasteiger partial charge < -0.3 is 9.73 Å². The summed E-state index contributed by atoms with van der Waals surface area (Å²) in [5.74, 6) is 0.0635. The molecule has 0 atom stereocenters. The second kappa shape index (κ2) is 7.15. The van der Waals surface area contributed by atoms with Gasteiger partial charge in [0.05, 0.1) is 0 Å². The monoisotopic (exact) mass is 337 g/mol. The predicted molar refractivity (Wildman–Crippen MR) is 85.1 cm³/mol. The summed E-state index contributed by atoms with van der Waals surface area (Å²) >= 11 is 7.40. The quantitative estimate of drug-likeness (QED) is 0.864. The second-order valence-corrected chi connectivity index (χ2v) is 6.84. The number of nitrogens with zero attached hydrogens (tertiary/aromatic N) is 2. The third-order valence-corrected chi connectivity index (χ3v) is 5.05. The van der Waals surface area contributed by atoms with Gasteiger partial charge in [-0.25, -0.2) is 9.97 Å². The first kappa shape index (κ1) is 15.4. The smallest absolute Gasteiger partial charge is 0.287 e. The van der Waals surface area contributed by atoms with Crippen LogP contribution in [0.4, 0.5) is 0 Å². The van der Waals surface area contributed by atoms with Gasteiger partial charge in [-0.05, 0) is 55.5 Å². The summed E-state index contributed by atoms with van der Waals surface area (Å²) in [4.78, 5) is 20.5. The number of carbonyl (C=O) groups is 1. The fraction of sp³-hybridized carbons (Fsp3) is 0.400. The fourth-order valence-corrected chi connectivity index (χ4v) is 3.71. The summed E-state index contributed by atoms with van der Waals surface area (Å²) in [5, 5.41) is 4.56. The van der Waals surface area contributed by atoms with Gasteiger partial charge in [0, 0.05) is 23.7 Å². The molecule has 0 saturated heterocycles. The Morgan fingerprint density at radius 2 is 1.95 bits per heavy atom. The van der Waals surface area contributed by atoms with E-state index in [0.29, 0.717) is 5.25 Å². The highest BCUT2D eigenvalue weighted by molar-refractivity contribution is 7.99. The van der Waals surface area contributed by atoms with Gasteiger partial charge in [-0.1, -0.05) is 11.8 Å². The molecule has 116 valence electrons. The summed E-state index contributed by atoms with van der Waals surface area (Å²) in [7, 11) is 0. The zero-order valence-corrected chi connectivity index (χ0v) is 13.4. The first-order valence-corrected chi connectivity index (χ1v) is 8.46. The zero-order valence-electron chi connectivity index (χ0n) is 11.9. The Hall–Kier alpha value is -1.53. The molecule has 1 N–H and O–H groups in total. The highest BCUT2D eigenvalue weighted by atomic mass is 35.5. The van der Waals surface area contributed by atoms with Crippen molar-refractivity contribution in [2.45, 2.75) is 42.1 Å². The number of aromatic nitrogens is 2. The number of amides is 1. The van der Waals surface area contributed by atoms with Crippen molar-refractivity contribution < 1.29 is 9.21 Å². The van der Waals surface area contributed by atoms with Crippen LogP contribution in [0, 0.1) is 0 Å². The van der Waals surface area contributed by atoms with Gasteiger partial charge in [0.1, 0.15) is 0 Å². The molecule has 2 heterocycles. The summed E-state index contributed by atoms with van der Waals surface area (Å²) in [5.41, 5.74) is 0. The van der Waals surface area contributed by atoms with Gasteiger partial charge in [0.15, 0.2) is 16.1 Å². The van der Waals surface area contributed by atoms with E-state index >= 15 is 0 Å². The molecule has 2 aromatic rings. The first-order valence-electron chi connectivity index (χ1n) is 7.20. The maximum atomic E-state index is 12.0. The van der Waals surface area contributed by atoms with Crippen LogP contribution < -0.4 is 5.32 Å². The summed E-state index contributed by atoms with van der Waals surface area (Å²) in [6.07, 6.45) is 7.49. The van der Waals surface area contributed by atoms with Crippen molar-refractivity contribution in [2.75, 3.05) is 0 Å². The third-order valence-electron chi connectivity index (χ3n) is 3.62. The van der Waals surface area contributed by atoms with E-state index in [0.717, 1.165) is 30.8 Å². The maximum absolute atomic E-state index is 12.0. The molecule has 2 aromatic heterocycles. The number of hydrogen-bond donors (Lipinski definition) is 1. The maximum Gasteiger partial charge on any atom is 0.287 e. The molecule has 0 unspecified atom stereocenters. The van der Waals surface area contributed by atoms with E-state index in [4.69, 9.17) is 16.0 Å². The lowest BCUT2D eigenvalue weighted by Crippen LogP contribution is -2.38. The molecule has 0 radical (unpaired) electrons. The molecule has 1 saturated carbocycles. The van der Waals surface area contributed by atoms with Gasteiger partial charge in [-0.15, -0.1) is 0 Å². The number of furan rings is 1. The van der Waals surface area contributed by atoms with Crippen molar-refractivity contribution >= 4 is 29.3 Å². The van der Waals surface area contributed by atoms with E-state index < -0.39 is 0 Å². The molecule has 0 spiro atoms. The topological polar surface area (TPSA) is 68.0 Å². The van der Waals surface area contributed by atoms with Crippen molar-refractivity contribution in [3.63, 3.8) is 0 Å². The van der Waals surface area contributed by atoms with Crippen LogP contribution in [0.15, 0.2) is 40.2 Å². The number of carbonyl (C=O) groups excluding carboxylic acids is 1. The van der Waals surface area contributed by atoms with Crippen LogP contribution in [0.25, 0.3) is 0 Å². The van der Waals surface area contributed by atoms with Gasteiger partial charge in [-0.3, -0.25) is 4.79 Å². The minimum atomic E-state index is -0.200. The van der Waals surface area contributed by atoms with Gasteiger partial charge in [-0.2, -0.15) is 0 Å². The van der Waals surface area contributed by atoms with Crippen LogP contribution in [-0.4, -0.2) is 27.2 Å². The Kier molecular flexibility index (Phi) is 5.00. The van der Waals surface area contributed by atoms with E-state index in [2.05, 4.69) is 15.3 Å². The molecular formula is C15H16ClN3O2S. The number of rotatable bonds is 4. The molecule has 1 amide bonds. The number of thioether (sulfide) groups is 1. The molecule has 0 aliphatic heterocycles. The van der Waals surface area contributed by atoms with E-state index in [-0.39, 0.29) is 22.9 Å². The SMILES string of the molecule is O=C(NC1CCC(Sc2ncccn2)CC1)c1ccc(Cl)o1. The minimum Gasteiger partial charge on any atom is -0.440 e. The van der Waals surface area contributed by atoms with E-state index in [9.17, 15) is 4.79 Å². The van der Waals surface area contributed by atoms with Gasteiger partial charge in [0.2, 0.25) is 0 Å². The zero-order chi connectivity index (χ0) is 15.4. The van der Waals surface area contributed by atoms with Crippen molar-refractivity contribution in [3.8, 4) is 0 Å². The Balaban J connectivity index is 1.46. The minimum absolute atomic E-state index is 0.185. The standard InChI is InChI=1S/C15H16ClN3O2S/c16-13-7-6-12(21-13)14(20)19-10-2-4-11(5-3-10)22-15-17-8-1-9-18-15/h1,6-11H,2-5H2,(H,19,20). The van der Waals surface area contributed by atoms with Gasteiger partial charge >= 0.3 is 0 Å². The highest BCUT2D eigenvalue weighted by Crippen LogP contribution is 2.31. The number of nitrogens with one attached hydrogen (secondary N) is 1. The lowest BCUT2D eigenvalue weighted by molar-refractivity contribution is 0.0900. The second-order valence-electron chi connectivity index (χ2n) is 5.20. The van der Waals surface area contributed by atoms with E-state index in [1.165, 1.54) is 0 Å². The van der Waals surface area contributed by atoms with Crippen molar-refractivity contribution in [3.05, 3.63) is 41.6 Å². The molecule has 22 heavy (non-hydrogen) atoms. The molecule has 1 fully saturated rings. The molecule has 1 aliphatic rings. The molecule has 0 aromatic carbocycles. The molecule has 7 heteroatoms. The van der Waals surface area contributed by atoms with Crippen molar-refractivity contribution in [1.82, 2.24) is 15.3 Å². The molecule has 1 aliphatic carbocycles. The molecular weight excluding hydrogens is 322 g/mol. The van der Waals surface area contributed by atoms with Crippen LogP contribution >= 0.6 is 23.4 Å². The summed E-state index contributed by atoms with van der Waals surface area (Å²) < 4.78 is 5.12. The van der Waals surface area contributed by atoms with Crippen LogP contribution in [-0.2, 0) is 0 Å². The Bertz CT molecular complexity index is 627. The summed E-state index contributed by atoms with van der Waals surface area (Å²) in [6.45, 7) is 0. The Labute approximate surface area is 137 Å². The lowest BCUT2D eigenvalue weighted by Gasteiger charge is -2.28. The normalized spacial score (nSPS) is 21.5. The highest BCUT2D eigenvalue weighted by Gasteiger charge is 2.24. The number of halogens is 1. The Morgan fingerprint density at radius 3 is 2.59 bits per heavy atom. The largest absolute Gasteiger partial charge is 0.440 e. The van der Waals surface area contributed by atoms with E-state index in [1.54, 1.807) is 36.3 Å². The van der Waals surface area contributed by atoms with Crippen LogP contribution in [0.2, 0.25) is 5.22 Å². The van der Waals surface area contributed by atoms with Crippen LogP contribution in [0.1, 0.15) is 36.2 Å². The third kappa shape index (κ3) is 4.01. The first-order chi connectivity index (χ1) is 10.7. The fourth-order valence-electron chi connectivity index (χ4n) is 2.51. The Morgan fingerprint density at radius 1 is 1.23 bits per heavy atom. The molecule has 0 bridgehead atoms. The van der Waals surface area contributed by atoms with Crippen LogP contribution in [0.5, 0.6) is 0 Å².